The summed E-state index contributed by atoms with van der Waals surface area (Å²) >= 11 is 6.59. The van der Waals surface area contributed by atoms with Gasteiger partial charge in [-0.3, -0.25) is 19.3 Å². The van der Waals surface area contributed by atoms with Gasteiger partial charge in [0.25, 0.3) is 5.91 Å². The van der Waals surface area contributed by atoms with Gasteiger partial charge in [-0.15, -0.1) is 0 Å². The molecule has 34 heavy (non-hydrogen) atoms. The van der Waals surface area contributed by atoms with Crippen LogP contribution < -0.4 is 15.2 Å². The first-order valence-electron chi connectivity index (χ1n) is 11.2. The van der Waals surface area contributed by atoms with Gasteiger partial charge in [0.2, 0.25) is 5.43 Å². The minimum absolute atomic E-state index is 0.0599. The Balaban J connectivity index is 1.83. The fourth-order valence-corrected chi connectivity index (χ4v) is 4.90. The summed E-state index contributed by atoms with van der Waals surface area (Å²) in [6, 6.07) is 16.0. The molecule has 0 radical (unpaired) electrons. The maximum absolute atomic E-state index is 13.6. The Morgan fingerprint density at radius 1 is 1.09 bits per heavy atom. The summed E-state index contributed by atoms with van der Waals surface area (Å²) in [7, 11) is 0. The molecule has 174 valence electrons. The second-order valence-corrected chi connectivity index (χ2v) is 8.67. The summed E-state index contributed by atoms with van der Waals surface area (Å²) in [6.45, 7) is 2.50. The van der Waals surface area contributed by atoms with E-state index in [9.17, 15) is 14.7 Å². The Hall–Kier alpha value is -3.71. The van der Waals surface area contributed by atoms with Crippen LogP contribution in [0.2, 0.25) is 5.02 Å². The highest BCUT2D eigenvalue weighted by Crippen LogP contribution is 2.40. The van der Waals surface area contributed by atoms with Crippen molar-refractivity contribution in [3.05, 3.63) is 105 Å². The maximum atomic E-state index is 13.6. The van der Waals surface area contributed by atoms with E-state index < -0.39 is 23.1 Å². The number of hydrogen-bond acceptors (Lipinski definition) is 5. The van der Waals surface area contributed by atoms with Gasteiger partial charge in [0.1, 0.15) is 25.1 Å². The third-order valence-corrected chi connectivity index (χ3v) is 6.60. The van der Waals surface area contributed by atoms with Crippen molar-refractivity contribution < 1.29 is 14.6 Å². The summed E-state index contributed by atoms with van der Waals surface area (Å²) < 4.78 is 7.72. The van der Waals surface area contributed by atoms with Crippen LogP contribution in [0.5, 0.6) is 11.5 Å². The minimum Gasteiger partial charge on any atom is -0.502 e. The molecule has 1 amide bonds. The Bertz CT molecular complexity index is 1320. The topological polar surface area (TPSA) is 75.0 Å². The minimum atomic E-state index is -0.600. The van der Waals surface area contributed by atoms with Crippen molar-refractivity contribution in [3.63, 3.8) is 0 Å². The van der Waals surface area contributed by atoms with Crippen LogP contribution in [0, 0.1) is 0 Å². The lowest BCUT2D eigenvalue weighted by Gasteiger charge is -2.45. The largest absolute Gasteiger partial charge is 0.502 e. The van der Waals surface area contributed by atoms with Gasteiger partial charge in [-0.1, -0.05) is 67.1 Å². The molecule has 0 fully saturated rings. The predicted molar refractivity (Wildman–Crippen MR) is 130 cm³/mol. The molecule has 1 aromatic heterocycles. The molecular weight excluding hydrogens is 454 g/mol. The molecule has 7 nitrogen and oxygen atoms in total. The number of aromatic hydroxyl groups is 1. The summed E-state index contributed by atoms with van der Waals surface area (Å²) in [5.41, 5.74) is 1.08. The lowest BCUT2D eigenvalue weighted by Crippen LogP contribution is -2.57. The number of aromatic nitrogens is 1. The molecule has 0 unspecified atom stereocenters. The SMILES string of the molecule is CC[C@H]1/C=C/COc2c(Cl)cccc2[C@H](c2ccccc2)N2CN1C(=O)c1c(O)c(=O)ccn12. The average Bonchev–Trinajstić information content (AvgIpc) is 2.87. The fraction of sp³-hybridized carbons (Fsp3) is 0.231. The standard InChI is InChI=1S/C26H24ClN3O4/c1-2-18-10-7-15-34-25-19(11-6-12-20(25)27)22(17-8-4-3-5-9-17)30-16-28(18)26(33)23-24(32)21(31)13-14-29(23)30/h3-14,18,22,32H,2,15-16H2,1H3/b10-7+/t18-,22-/m0/s1. The zero-order valence-corrected chi connectivity index (χ0v) is 19.4. The number of hydrogen-bond donors (Lipinski definition) is 1. The number of pyridine rings is 1. The Kier molecular flexibility index (Phi) is 5.79. The molecule has 2 bridgehead atoms. The number of ether oxygens (including phenoxy) is 1. The van der Waals surface area contributed by atoms with Crippen molar-refractivity contribution in [3.8, 4) is 11.5 Å². The van der Waals surface area contributed by atoms with E-state index in [2.05, 4.69) is 0 Å². The van der Waals surface area contributed by atoms with E-state index in [1.807, 2.05) is 66.5 Å². The number of carbonyl (C=O) groups is 1. The molecule has 2 aromatic carbocycles. The van der Waals surface area contributed by atoms with Crippen LogP contribution in [0.3, 0.4) is 0 Å². The third-order valence-electron chi connectivity index (χ3n) is 6.30. The predicted octanol–water partition coefficient (Wildman–Crippen LogP) is 4.08. The number of halogens is 1. The first-order valence-corrected chi connectivity index (χ1v) is 11.5. The number of nitrogens with zero attached hydrogens (tertiary/aromatic N) is 3. The smallest absolute Gasteiger partial charge is 0.278 e. The molecule has 5 rings (SSSR count). The summed E-state index contributed by atoms with van der Waals surface area (Å²) in [5.74, 6) is -0.417. The average molecular weight is 478 g/mol. The van der Waals surface area contributed by atoms with Crippen LogP contribution in [0.15, 0.2) is 77.7 Å². The van der Waals surface area contributed by atoms with Gasteiger partial charge in [0, 0.05) is 17.8 Å². The first kappa shape index (κ1) is 22.1. The second-order valence-electron chi connectivity index (χ2n) is 8.26. The van der Waals surface area contributed by atoms with E-state index in [-0.39, 0.29) is 25.0 Å². The van der Waals surface area contributed by atoms with Crippen LogP contribution in [0.25, 0.3) is 0 Å². The van der Waals surface area contributed by atoms with Crippen LogP contribution >= 0.6 is 11.6 Å². The molecule has 3 heterocycles. The van der Waals surface area contributed by atoms with Crippen molar-refractivity contribution in [2.75, 3.05) is 18.3 Å². The molecular formula is C26H24ClN3O4. The van der Waals surface area contributed by atoms with Crippen molar-refractivity contribution >= 4 is 17.5 Å². The Morgan fingerprint density at radius 3 is 2.65 bits per heavy atom. The Labute approximate surface area is 202 Å². The maximum Gasteiger partial charge on any atom is 0.278 e. The van der Waals surface area contributed by atoms with E-state index >= 15 is 0 Å². The van der Waals surface area contributed by atoms with Gasteiger partial charge in [-0.2, -0.15) is 0 Å². The van der Waals surface area contributed by atoms with E-state index in [0.29, 0.717) is 17.2 Å². The van der Waals surface area contributed by atoms with E-state index in [0.717, 1.165) is 11.1 Å². The Morgan fingerprint density at radius 2 is 1.88 bits per heavy atom. The summed E-state index contributed by atoms with van der Waals surface area (Å²) in [6.07, 6.45) is 5.97. The number of benzene rings is 2. The molecule has 0 saturated heterocycles. The van der Waals surface area contributed by atoms with E-state index in [4.69, 9.17) is 16.3 Å². The van der Waals surface area contributed by atoms with Crippen LogP contribution in [-0.4, -0.2) is 39.9 Å². The van der Waals surface area contributed by atoms with Gasteiger partial charge in [-0.05, 0) is 24.1 Å². The number of amides is 1. The monoisotopic (exact) mass is 477 g/mol. The highest BCUT2D eigenvalue weighted by atomic mass is 35.5. The normalized spacial score (nSPS) is 20.6. The number of carbonyl (C=O) groups excluding carboxylic acids is 1. The van der Waals surface area contributed by atoms with Crippen LogP contribution in [0.4, 0.5) is 0 Å². The van der Waals surface area contributed by atoms with Crippen molar-refractivity contribution in [1.29, 1.82) is 0 Å². The van der Waals surface area contributed by atoms with Crippen LogP contribution in [-0.2, 0) is 0 Å². The summed E-state index contributed by atoms with van der Waals surface area (Å²) in [4.78, 5) is 27.6. The molecule has 1 N–H and O–H groups in total. The number of fused-ring (bicyclic) bond motifs is 5. The van der Waals surface area contributed by atoms with E-state index in [1.165, 1.54) is 12.3 Å². The quantitative estimate of drug-likeness (QED) is 0.563. The molecule has 2 aliphatic heterocycles. The molecule has 8 heteroatoms. The molecule has 3 aromatic rings. The van der Waals surface area contributed by atoms with E-state index in [1.54, 1.807) is 15.6 Å². The lowest BCUT2D eigenvalue weighted by molar-refractivity contribution is 0.0626. The number of para-hydroxylation sites is 1. The van der Waals surface area contributed by atoms with Gasteiger partial charge in [0.05, 0.1) is 11.1 Å². The van der Waals surface area contributed by atoms with Crippen LogP contribution in [0.1, 0.15) is 41.0 Å². The van der Waals surface area contributed by atoms with Crippen molar-refractivity contribution in [2.24, 2.45) is 0 Å². The lowest BCUT2D eigenvalue weighted by atomic mass is 9.96. The second kappa shape index (κ2) is 8.91. The molecule has 0 saturated carbocycles. The molecule has 0 aliphatic carbocycles. The highest BCUT2D eigenvalue weighted by molar-refractivity contribution is 6.32. The van der Waals surface area contributed by atoms with Gasteiger partial charge in [-0.25, -0.2) is 0 Å². The van der Waals surface area contributed by atoms with Gasteiger partial charge in [0.15, 0.2) is 11.4 Å². The highest BCUT2D eigenvalue weighted by Gasteiger charge is 2.39. The third kappa shape index (κ3) is 3.62. The molecule has 2 aliphatic rings. The summed E-state index contributed by atoms with van der Waals surface area (Å²) in [5, 5.41) is 13.1. The zero-order valence-electron chi connectivity index (χ0n) is 18.6. The van der Waals surface area contributed by atoms with Gasteiger partial charge < -0.3 is 14.7 Å². The first-order chi connectivity index (χ1) is 16.5. The molecule has 0 spiro atoms. The fourth-order valence-electron chi connectivity index (χ4n) is 4.66. The van der Waals surface area contributed by atoms with Crippen molar-refractivity contribution in [2.45, 2.75) is 25.4 Å². The zero-order chi connectivity index (χ0) is 23.8. The number of rotatable bonds is 2. The van der Waals surface area contributed by atoms with Crippen molar-refractivity contribution in [1.82, 2.24) is 9.58 Å². The van der Waals surface area contributed by atoms with Gasteiger partial charge >= 0.3 is 0 Å². The molecule has 2 atom stereocenters.